The molecule has 9 nitrogen and oxygen atoms in total. The smallest absolute Gasteiger partial charge is 0.382 e. The summed E-state index contributed by atoms with van der Waals surface area (Å²) < 4.78 is 69.0. The molecule has 2 saturated carbocycles. The lowest BCUT2D eigenvalue weighted by atomic mass is 9.84. The fourth-order valence-corrected chi connectivity index (χ4v) is 6.99. The highest BCUT2D eigenvalue weighted by molar-refractivity contribution is 7.87. The number of carboxylic acid groups (broad SMARTS) is 1. The summed E-state index contributed by atoms with van der Waals surface area (Å²) in [7, 11) is -4.24. The second-order valence-electron chi connectivity index (χ2n) is 7.84. The third-order valence-corrected chi connectivity index (χ3v) is 7.85. The predicted molar refractivity (Wildman–Crippen MR) is 96.1 cm³/mol. The summed E-state index contributed by atoms with van der Waals surface area (Å²) >= 11 is 0. The Kier molecular flexibility index (Phi) is 5.04. The van der Waals surface area contributed by atoms with E-state index in [9.17, 15) is 31.6 Å². The Labute approximate surface area is 175 Å². The highest BCUT2D eigenvalue weighted by atomic mass is 32.2. The predicted octanol–water partition coefficient (Wildman–Crippen LogP) is 1.29. The lowest BCUT2D eigenvalue weighted by Crippen LogP contribution is -2.47. The highest BCUT2D eigenvalue weighted by Crippen LogP contribution is 2.59. The van der Waals surface area contributed by atoms with Gasteiger partial charge >= 0.3 is 23.8 Å². The van der Waals surface area contributed by atoms with Crippen molar-refractivity contribution in [2.24, 2.45) is 17.8 Å². The summed E-state index contributed by atoms with van der Waals surface area (Å²) in [4.78, 5) is 35.6. The monoisotopic (exact) mass is 460 g/mol. The van der Waals surface area contributed by atoms with E-state index in [0.29, 0.717) is 0 Å². The fourth-order valence-electron chi connectivity index (χ4n) is 4.93. The van der Waals surface area contributed by atoms with Gasteiger partial charge in [-0.25, -0.2) is 4.79 Å². The maximum atomic E-state index is 14.4. The van der Waals surface area contributed by atoms with Crippen LogP contribution in [0.25, 0.3) is 0 Å². The van der Waals surface area contributed by atoms with E-state index in [1.807, 2.05) is 0 Å². The van der Waals surface area contributed by atoms with Gasteiger partial charge in [0.2, 0.25) is 6.10 Å². The number of benzene rings is 1. The van der Waals surface area contributed by atoms with Gasteiger partial charge in [-0.3, -0.25) is 13.8 Å². The second kappa shape index (κ2) is 7.23. The van der Waals surface area contributed by atoms with E-state index < -0.39 is 75.3 Å². The van der Waals surface area contributed by atoms with Crippen LogP contribution in [0.4, 0.5) is 8.78 Å². The number of carbonyl (C=O) groups excluding carboxylic acids is 2. The van der Waals surface area contributed by atoms with Crippen LogP contribution in [-0.4, -0.2) is 54.8 Å². The first kappa shape index (κ1) is 21.6. The molecule has 3 aliphatic rings. The third-order valence-electron chi connectivity index (χ3n) is 6.05. The standard InChI is InChI=1S/C19H18F2O9S/c1-8(22)28-13-10-7-11-14(13)30-31(26,27)15(11)12(10)17(23)29-16(19(20,21)18(24)25)9-5-3-2-4-6-9/h2-6,10-16H,7H2,1H3,(H,24,25). The Hall–Kier alpha value is -2.60. The van der Waals surface area contributed by atoms with Gasteiger partial charge in [0.1, 0.15) is 17.5 Å². The number of ether oxygens (including phenoxy) is 2. The van der Waals surface area contributed by atoms with Crippen LogP contribution >= 0.6 is 0 Å². The van der Waals surface area contributed by atoms with E-state index in [0.717, 1.165) is 6.92 Å². The number of esters is 2. The molecule has 0 radical (unpaired) electrons. The number of fused-ring (bicyclic) bond motifs is 1. The van der Waals surface area contributed by atoms with Gasteiger partial charge in [-0.2, -0.15) is 17.2 Å². The van der Waals surface area contributed by atoms with Crippen LogP contribution in [0.2, 0.25) is 0 Å². The quantitative estimate of drug-likeness (QED) is 0.492. The SMILES string of the molecule is CC(=O)OC1C2CC3C1OS(=O)(=O)C3C2C(=O)OC(c1ccccc1)C(F)(F)C(=O)O. The van der Waals surface area contributed by atoms with Gasteiger partial charge in [-0.05, 0) is 12.0 Å². The van der Waals surface area contributed by atoms with Crippen molar-refractivity contribution in [2.45, 2.75) is 42.8 Å². The van der Waals surface area contributed by atoms with Crippen molar-refractivity contribution in [3.05, 3.63) is 35.9 Å². The molecule has 3 fully saturated rings. The molecule has 0 amide bonds. The minimum absolute atomic E-state index is 0.164. The largest absolute Gasteiger partial charge is 0.477 e. The Morgan fingerprint density at radius 2 is 1.84 bits per heavy atom. The highest BCUT2D eigenvalue weighted by Gasteiger charge is 2.72. The van der Waals surface area contributed by atoms with Crippen LogP contribution in [-0.2, 0) is 38.2 Å². The Morgan fingerprint density at radius 3 is 2.42 bits per heavy atom. The van der Waals surface area contributed by atoms with Gasteiger partial charge in [-0.1, -0.05) is 30.3 Å². The molecular formula is C19H18F2O9S. The number of carbonyl (C=O) groups is 3. The molecule has 2 bridgehead atoms. The zero-order chi connectivity index (χ0) is 22.7. The van der Waals surface area contributed by atoms with Crippen molar-refractivity contribution < 1.29 is 50.3 Å². The average Bonchev–Trinajstić information content (AvgIpc) is 3.28. The molecule has 0 spiro atoms. The molecule has 4 rings (SSSR count). The molecule has 0 aromatic heterocycles. The molecule has 7 atom stereocenters. The maximum absolute atomic E-state index is 14.4. The molecule has 7 unspecified atom stereocenters. The first-order chi connectivity index (χ1) is 14.4. The number of rotatable bonds is 6. The van der Waals surface area contributed by atoms with Crippen LogP contribution in [0.1, 0.15) is 25.0 Å². The zero-order valence-electron chi connectivity index (χ0n) is 16.0. The maximum Gasteiger partial charge on any atom is 0.382 e. The second-order valence-corrected chi connectivity index (χ2v) is 9.56. The number of aliphatic carboxylic acids is 1. The molecular weight excluding hydrogens is 442 g/mol. The molecule has 31 heavy (non-hydrogen) atoms. The fraction of sp³-hybridized carbons (Fsp3) is 0.526. The Bertz CT molecular complexity index is 1030. The molecule has 1 aromatic carbocycles. The average molecular weight is 460 g/mol. The Balaban J connectivity index is 1.68. The van der Waals surface area contributed by atoms with Crippen molar-refractivity contribution in [1.82, 2.24) is 0 Å². The van der Waals surface area contributed by atoms with Crippen molar-refractivity contribution in [3.8, 4) is 0 Å². The van der Waals surface area contributed by atoms with Crippen molar-refractivity contribution in [3.63, 3.8) is 0 Å². The van der Waals surface area contributed by atoms with Gasteiger partial charge in [0.25, 0.3) is 10.1 Å². The van der Waals surface area contributed by atoms with Gasteiger partial charge in [0, 0.05) is 18.8 Å². The summed E-state index contributed by atoms with van der Waals surface area (Å²) in [6.45, 7) is 1.11. The lowest BCUT2D eigenvalue weighted by molar-refractivity contribution is -0.198. The van der Waals surface area contributed by atoms with Crippen LogP contribution in [0.15, 0.2) is 30.3 Å². The third kappa shape index (κ3) is 3.37. The summed E-state index contributed by atoms with van der Waals surface area (Å²) in [5.74, 6) is -11.9. The normalized spacial score (nSPS) is 33.6. The lowest BCUT2D eigenvalue weighted by Gasteiger charge is -2.32. The molecule has 1 saturated heterocycles. The molecule has 1 heterocycles. The van der Waals surface area contributed by atoms with Crippen LogP contribution < -0.4 is 0 Å². The summed E-state index contributed by atoms with van der Waals surface area (Å²) in [6, 6.07) is 6.57. The number of carboxylic acids is 1. The van der Waals surface area contributed by atoms with E-state index in [4.69, 9.17) is 18.8 Å². The number of halogens is 2. The van der Waals surface area contributed by atoms with E-state index in [2.05, 4.69) is 0 Å². The first-order valence-electron chi connectivity index (χ1n) is 9.41. The van der Waals surface area contributed by atoms with Crippen molar-refractivity contribution >= 4 is 28.0 Å². The molecule has 1 aromatic rings. The van der Waals surface area contributed by atoms with Gasteiger partial charge < -0.3 is 14.6 Å². The number of alkyl halides is 2. The molecule has 1 N–H and O–H groups in total. The van der Waals surface area contributed by atoms with E-state index in [1.54, 1.807) is 0 Å². The zero-order valence-corrected chi connectivity index (χ0v) is 16.8. The van der Waals surface area contributed by atoms with Crippen LogP contribution in [0.5, 0.6) is 0 Å². The number of hydrogen-bond acceptors (Lipinski definition) is 8. The molecule has 1 aliphatic heterocycles. The van der Waals surface area contributed by atoms with Crippen molar-refractivity contribution in [1.29, 1.82) is 0 Å². The van der Waals surface area contributed by atoms with E-state index in [-0.39, 0.29) is 12.0 Å². The van der Waals surface area contributed by atoms with Gasteiger partial charge in [0.15, 0.2) is 0 Å². The van der Waals surface area contributed by atoms with Gasteiger partial charge in [0.05, 0.1) is 5.92 Å². The van der Waals surface area contributed by atoms with Crippen molar-refractivity contribution in [2.75, 3.05) is 0 Å². The van der Waals surface area contributed by atoms with Gasteiger partial charge in [-0.15, -0.1) is 0 Å². The topological polar surface area (TPSA) is 133 Å². The molecule has 12 heteroatoms. The van der Waals surface area contributed by atoms with E-state index >= 15 is 0 Å². The molecule has 168 valence electrons. The summed E-state index contributed by atoms with van der Waals surface area (Å²) in [6.07, 6.45) is -4.31. The van der Waals surface area contributed by atoms with Crippen LogP contribution in [0.3, 0.4) is 0 Å². The number of hydrogen-bond donors (Lipinski definition) is 1. The molecule has 2 aliphatic carbocycles. The first-order valence-corrected chi connectivity index (χ1v) is 10.9. The minimum Gasteiger partial charge on any atom is -0.477 e. The summed E-state index contributed by atoms with van der Waals surface area (Å²) in [5.41, 5.74) is -0.272. The Morgan fingerprint density at radius 1 is 1.19 bits per heavy atom. The minimum atomic E-state index is -4.47. The summed E-state index contributed by atoms with van der Waals surface area (Å²) in [5, 5.41) is 7.63. The van der Waals surface area contributed by atoms with Crippen LogP contribution in [0, 0.1) is 17.8 Å². The van der Waals surface area contributed by atoms with E-state index in [1.165, 1.54) is 30.3 Å².